The van der Waals surface area contributed by atoms with Crippen LogP contribution < -0.4 is 5.11 Å². The number of aliphatic carboxylic acids is 1. The molecule has 2 atom stereocenters. The number of carboxylic acids is 1. The van der Waals surface area contributed by atoms with Gasteiger partial charge in [0, 0.05) is 0 Å². The van der Waals surface area contributed by atoms with Crippen molar-refractivity contribution in [2.45, 2.75) is 18.6 Å². The largest absolute Gasteiger partial charge is 0.547 e. The fraction of sp³-hybridized carbons (Fsp3) is 0.375. The smallest absolute Gasteiger partial charge is 0.152 e. The van der Waals surface area contributed by atoms with Gasteiger partial charge in [-0.1, -0.05) is 12.2 Å². The Morgan fingerprint density at radius 1 is 1.75 bits per heavy atom. The molecule has 2 N–H and O–H groups in total. The Balaban J connectivity index is 3.03. The first-order valence-electron chi connectivity index (χ1n) is 3.46. The van der Waals surface area contributed by atoms with Crippen LogP contribution in [0.15, 0.2) is 23.8 Å². The van der Waals surface area contributed by atoms with Gasteiger partial charge in [-0.05, 0) is 18.6 Å². The van der Waals surface area contributed by atoms with Crippen LogP contribution in [-0.2, 0) is 4.79 Å². The number of aliphatic hydroxyl groups excluding tert-OH is 1. The van der Waals surface area contributed by atoms with Crippen molar-refractivity contribution in [1.29, 1.82) is 0 Å². The third-order valence-corrected chi connectivity index (χ3v) is 1.88. The van der Waals surface area contributed by atoms with E-state index in [2.05, 4.69) is 0 Å². The second-order valence-corrected chi connectivity index (χ2v) is 2.79. The molecule has 0 radical (unpaired) electrons. The molecule has 1 aliphatic carbocycles. The lowest BCUT2D eigenvalue weighted by atomic mass is 9.87. The molecule has 0 saturated heterocycles. The minimum atomic E-state index is -2.28. The molecule has 0 aromatic heterocycles. The Labute approximate surface area is 69.5 Å². The van der Waals surface area contributed by atoms with E-state index >= 15 is 0 Å². The average molecular weight is 169 g/mol. The van der Waals surface area contributed by atoms with Gasteiger partial charge in [0.2, 0.25) is 0 Å². The van der Waals surface area contributed by atoms with Gasteiger partial charge in [0.1, 0.15) is 6.10 Å². The number of hydrogen-bond donors (Lipinski definition) is 2. The second kappa shape index (κ2) is 2.73. The van der Waals surface area contributed by atoms with Gasteiger partial charge in [0.05, 0.1) is 5.97 Å². The van der Waals surface area contributed by atoms with Gasteiger partial charge in [-0.3, -0.25) is 0 Å². The maximum Gasteiger partial charge on any atom is 0.152 e. The Morgan fingerprint density at radius 2 is 2.33 bits per heavy atom. The van der Waals surface area contributed by atoms with Crippen LogP contribution in [-0.4, -0.2) is 27.9 Å². The van der Waals surface area contributed by atoms with E-state index < -0.39 is 17.7 Å². The topological polar surface area (TPSA) is 80.6 Å². The summed E-state index contributed by atoms with van der Waals surface area (Å²) in [4.78, 5) is 10.4. The molecule has 0 spiro atoms. The minimum Gasteiger partial charge on any atom is -0.547 e. The molecule has 66 valence electrons. The number of carbonyl (C=O) groups excluding carboxylic acids is 1. The summed E-state index contributed by atoms with van der Waals surface area (Å²) in [5.41, 5.74) is -1.89. The lowest BCUT2D eigenvalue weighted by Gasteiger charge is -2.33. The van der Waals surface area contributed by atoms with Crippen LogP contribution in [0.4, 0.5) is 0 Å². The summed E-state index contributed by atoms with van der Waals surface area (Å²) in [5, 5.41) is 29.1. The third-order valence-electron chi connectivity index (χ3n) is 1.88. The third kappa shape index (κ3) is 1.15. The predicted molar refractivity (Wildman–Crippen MR) is 38.9 cm³/mol. The second-order valence-electron chi connectivity index (χ2n) is 2.79. The van der Waals surface area contributed by atoms with Crippen LogP contribution in [0.5, 0.6) is 0 Å². The fourth-order valence-electron chi connectivity index (χ4n) is 1.06. The van der Waals surface area contributed by atoms with Gasteiger partial charge in [-0.15, -0.1) is 0 Å². The Kier molecular flexibility index (Phi) is 2.04. The van der Waals surface area contributed by atoms with E-state index in [9.17, 15) is 20.1 Å². The van der Waals surface area contributed by atoms with Crippen molar-refractivity contribution in [3.05, 3.63) is 23.8 Å². The molecule has 0 saturated carbocycles. The van der Waals surface area contributed by atoms with E-state index in [1.165, 1.54) is 19.1 Å². The molecule has 1 aliphatic rings. The number of aliphatic hydroxyl groups is 2. The molecular weight excluding hydrogens is 160 g/mol. The van der Waals surface area contributed by atoms with Gasteiger partial charge in [0.25, 0.3) is 0 Å². The zero-order valence-corrected chi connectivity index (χ0v) is 6.52. The first kappa shape index (κ1) is 8.96. The van der Waals surface area contributed by atoms with E-state index in [0.717, 1.165) is 6.08 Å². The fourth-order valence-corrected chi connectivity index (χ4v) is 1.06. The number of carboxylic acid groups (broad SMARTS) is 1. The van der Waals surface area contributed by atoms with Crippen molar-refractivity contribution < 1.29 is 20.1 Å². The van der Waals surface area contributed by atoms with E-state index in [4.69, 9.17) is 0 Å². The van der Waals surface area contributed by atoms with Crippen molar-refractivity contribution in [3.8, 4) is 0 Å². The molecule has 4 nitrogen and oxygen atoms in total. The molecule has 0 heterocycles. The molecule has 1 rings (SSSR count). The first-order chi connectivity index (χ1) is 5.48. The SMILES string of the molecule is CC1=CC=C[C@](O)(C(=O)[O-])[C@H]1O. The lowest BCUT2D eigenvalue weighted by molar-refractivity contribution is -0.325. The van der Waals surface area contributed by atoms with E-state index in [1.807, 2.05) is 0 Å². The van der Waals surface area contributed by atoms with Crippen LogP contribution in [0.2, 0.25) is 0 Å². The summed E-state index contributed by atoms with van der Waals surface area (Å²) < 4.78 is 0. The summed E-state index contributed by atoms with van der Waals surface area (Å²) in [6.45, 7) is 1.53. The van der Waals surface area contributed by atoms with Gasteiger partial charge in [0.15, 0.2) is 5.60 Å². The van der Waals surface area contributed by atoms with E-state index in [0.29, 0.717) is 5.57 Å². The molecular formula is C8H9O4-. The Bertz CT molecular complexity index is 266. The summed E-state index contributed by atoms with van der Waals surface area (Å²) in [6, 6.07) is 0. The van der Waals surface area contributed by atoms with Crippen molar-refractivity contribution in [3.63, 3.8) is 0 Å². The summed E-state index contributed by atoms with van der Waals surface area (Å²) in [5.74, 6) is -1.70. The quantitative estimate of drug-likeness (QED) is 0.492. The first-order valence-corrected chi connectivity index (χ1v) is 3.46. The predicted octanol–water partition coefficient (Wildman–Crippen LogP) is -1.66. The summed E-state index contributed by atoms with van der Waals surface area (Å²) >= 11 is 0. The van der Waals surface area contributed by atoms with Crippen molar-refractivity contribution >= 4 is 5.97 Å². The van der Waals surface area contributed by atoms with E-state index in [1.54, 1.807) is 0 Å². The van der Waals surface area contributed by atoms with Crippen molar-refractivity contribution in [2.24, 2.45) is 0 Å². The highest BCUT2D eigenvalue weighted by Crippen LogP contribution is 2.22. The van der Waals surface area contributed by atoms with Gasteiger partial charge in [-0.25, -0.2) is 0 Å². The van der Waals surface area contributed by atoms with Crippen LogP contribution in [0.3, 0.4) is 0 Å². The van der Waals surface area contributed by atoms with Crippen LogP contribution in [0, 0.1) is 0 Å². The lowest BCUT2D eigenvalue weighted by Crippen LogP contribution is -2.56. The number of rotatable bonds is 1. The number of allylic oxidation sites excluding steroid dienone is 2. The highest BCUT2D eigenvalue weighted by molar-refractivity contribution is 5.80. The molecule has 0 bridgehead atoms. The average Bonchev–Trinajstić information content (AvgIpc) is 2.00. The van der Waals surface area contributed by atoms with Gasteiger partial charge >= 0.3 is 0 Å². The molecule has 0 unspecified atom stereocenters. The van der Waals surface area contributed by atoms with Crippen molar-refractivity contribution in [2.75, 3.05) is 0 Å². The Morgan fingerprint density at radius 3 is 2.75 bits per heavy atom. The molecule has 0 amide bonds. The molecule has 12 heavy (non-hydrogen) atoms. The van der Waals surface area contributed by atoms with Gasteiger partial charge in [-0.2, -0.15) is 0 Å². The standard InChI is InChI=1S/C8H10O4/c1-5-3-2-4-8(12,6(5)9)7(10)11/h2-4,6,9,12H,1H3,(H,10,11)/p-1/t6-,8+/m0/s1. The summed E-state index contributed by atoms with van der Waals surface area (Å²) in [7, 11) is 0. The maximum absolute atomic E-state index is 10.4. The zero-order valence-electron chi connectivity index (χ0n) is 6.52. The van der Waals surface area contributed by atoms with Crippen LogP contribution >= 0.6 is 0 Å². The van der Waals surface area contributed by atoms with Crippen LogP contribution in [0.1, 0.15) is 6.92 Å². The molecule has 4 heteroatoms. The highest BCUT2D eigenvalue weighted by Gasteiger charge is 2.36. The number of carbonyl (C=O) groups is 1. The Hall–Kier alpha value is -1.13. The van der Waals surface area contributed by atoms with Crippen LogP contribution in [0.25, 0.3) is 0 Å². The minimum absolute atomic E-state index is 0.393. The normalized spacial score (nSPS) is 34.6. The summed E-state index contributed by atoms with van der Waals surface area (Å²) in [6.07, 6.45) is 2.48. The van der Waals surface area contributed by atoms with Gasteiger partial charge < -0.3 is 20.1 Å². The highest BCUT2D eigenvalue weighted by atomic mass is 16.4. The van der Waals surface area contributed by atoms with E-state index in [-0.39, 0.29) is 0 Å². The zero-order chi connectivity index (χ0) is 9.35. The monoisotopic (exact) mass is 169 g/mol. The molecule has 0 aliphatic heterocycles. The maximum atomic E-state index is 10.4. The molecule has 0 fully saturated rings. The number of hydrogen-bond acceptors (Lipinski definition) is 4. The molecule has 0 aromatic carbocycles. The molecule has 0 aromatic rings. The van der Waals surface area contributed by atoms with Crippen molar-refractivity contribution in [1.82, 2.24) is 0 Å².